The zero-order valence-corrected chi connectivity index (χ0v) is 28.7. The van der Waals surface area contributed by atoms with E-state index in [4.69, 9.17) is 4.42 Å². The Morgan fingerprint density at radius 1 is 0.814 bits per heavy atom. The average molecular weight is 590 g/mol. The molecule has 0 saturated heterocycles. The summed E-state index contributed by atoms with van der Waals surface area (Å²) >= 11 is 0. The maximum Gasteiger partial charge on any atom is 0.216 e. The molecule has 222 valence electrons. The van der Waals surface area contributed by atoms with Gasteiger partial charge in [-0.2, -0.15) is 5.26 Å². The maximum absolute atomic E-state index is 9.48. The number of nitriles is 1. The van der Waals surface area contributed by atoms with E-state index in [0.29, 0.717) is 22.2 Å². The highest BCUT2D eigenvalue weighted by Crippen LogP contribution is 2.42. The smallest absolute Gasteiger partial charge is 0.216 e. The Balaban J connectivity index is 1.86. The highest BCUT2D eigenvalue weighted by molar-refractivity contribution is 6.93. The van der Waals surface area contributed by atoms with E-state index in [-0.39, 0.29) is 0 Å². The number of aryl methyl sites for hydroxylation is 2. The van der Waals surface area contributed by atoms with Crippen LogP contribution < -0.4 is 9.75 Å². The summed E-state index contributed by atoms with van der Waals surface area (Å²) in [4.78, 5) is 0. The summed E-state index contributed by atoms with van der Waals surface area (Å²) in [5.74, 6) is -1.75. The minimum Gasteiger partial charge on any atom is -0.455 e. The highest BCUT2D eigenvalue weighted by Gasteiger charge is 2.38. The van der Waals surface area contributed by atoms with E-state index >= 15 is 0 Å². The molecule has 3 nitrogen and oxygen atoms in total. The first kappa shape index (κ1) is 28.1. The van der Waals surface area contributed by atoms with E-state index in [9.17, 15) is 8.00 Å². The summed E-state index contributed by atoms with van der Waals surface area (Å²) in [6, 6.07) is 21.0. The zero-order valence-electron chi connectivity index (χ0n) is 29.7. The molecule has 0 N–H and O–H groups in total. The van der Waals surface area contributed by atoms with Gasteiger partial charge in [-0.25, -0.2) is 4.57 Å². The fraction of sp³-hybridized carbons (Fsp3) is 0.385. The van der Waals surface area contributed by atoms with Gasteiger partial charge in [-0.05, 0) is 75.8 Å². The average Bonchev–Trinajstić information content (AvgIpc) is 3.33. The molecule has 0 aliphatic heterocycles. The van der Waals surface area contributed by atoms with Crippen LogP contribution in [0.25, 0.3) is 44.3 Å². The van der Waals surface area contributed by atoms with Crippen molar-refractivity contribution in [2.75, 3.05) is 0 Å². The van der Waals surface area contributed by atoms with Gasteiger partial charge in [0, 0.05) is 25.6 Å². The SMILES string of the molecule is [2H]C(C)(C)c1cc([Si](C)(C(C)C)C(C)C)cc(C([2H])(C)C)c1-c1cc[n+](C)c(-c2c(C)ccc3c2oc2cc(C#N)ccc23)c1. The number of pyridine rings is 1. The van der Waals surface area contributed by atoms with Gasteiger partial charge in [-0.15, -0.1) is 0 Å². The molecule has 0 fully saturated rings. The van der Waals surface area contributed by atoms with Crippen LogP contribution in [0.2, 0.25) is 17.6 Å². The third-order valence-corrected chi connectivity index (χ3v) is 16.2. The van der Waals surface area contributed by atoms with E-state index < -0.39 is 19.9 Å². The first-order valence-corrected chi connectivity index (χ1v) is 18.1. The Bertz CT molecular complexity index is 1940. The van der Waals surface area contributed by atoms with Gasteiger partial charge in [-0.3, -0.25) is 0 Å². The van der Waals surface area contributed by atoms with Gasteiger partial charge in [0.25, 0.3) is 0 Å². The molecule has 0 unspecified atom stereocenters. The molecule has 3 aromatic carbocycles. The van der Waals surface area contributed by atoms with Gasteiger partial charge < -0.3 is 4.42 Å². The van der Waals surface area contributed by atoms with Gasteiger partial charge in [0.15, 0.2) is 6.20 Å². The van der Waals surface area contributed by atoms with Crippen molar-refractivity contribution in [1.29, 1.82) is 5.26 Å². The van der Waals surface area contributed by atoms with Crippen LogP contribution in [0.4, 0.5) is 0 Å². The van der Waals surface area contributed by atoms with Crippen molar-refractivity contribution in [2.45, 2.75) is 91.7 Å². The van der Waals surface area contributed by atoms with Crippen molar-refractivity contribution < 1.29 is 11.7 Å². The first-order chi connectivity index (χ1) is 20.9. The summed E-state index contributed by atoms with van der Waals surface area (Å²) in [6.07, 6.45) is 2.08. The molecule has 5 rings (SSSR count). The van der Waals surface area contributed by atoms with E-state index in [1.54, 1.807) is 0 Å². The van der Waals surface area contributed by atoms with Gasteiger partial charge in [0.1, 0.15) is 18.2 Å². The highest BCUT2D eigenvalue weighted by atomic mass is 28.3. The lowest BCUT2D eigenvalue weighted by atomic mass is 9.84. The van der Waals surface area contributed by atoms with Crippen molar-refractivity contribution >= 4 is 35.2 Å². The van der Waals surface area contributed by atoms with Crippen molar-refractivity contribution in [2.24, 2.45) is 7.05 Å². The number of hydrogen-bond acceptors (Lipinski definition) is 2. The molecule has 0 radical (unpaired) electrons. The Hall–Kier alpha value is -3.68. The molecular formula is C39H47N2OSi+. The van der Waals surface area contributed by atoms with Crippen LogP contribution in [-0.2, 0) is 7.05 Å². The lowest BCUT2D eigenvalue weighted by Gasteiger charge is -2.38. The van der Waals surface area contributed by atoms with Crippen LogP contribution in [0.5, 0.6) is 0 Å². The molecule has 0 bridgehead atoms. The van der Waals surface area contributed by atoms with Crippen LogP contribution in [0.3, 0.4) is 0 Å². The van der Waals surface area contributed by atoms with Crippen LogP contribution >= 0.6 is 0 Å². The Morgan fingerprint density at radius 2 is 1.42 bits per heavy atom. The lowest BCUT2D eigenvalue weighted by Crippen LogP contribution is -2.50. The van der Waals surface area contributed by atoms with E-state index in [0.717, 1.165) is 55.4 Å². The number of aromatic nitrogens is 1. The van der Waals surface area contributed by atoms with E-state index in [1.165, 1.54) is 5.19 Å². The van der Waals surface area contributed by atoms with Crippen molar-refractivity contribution in [3.63, 3.8) is 0 Å². The molecule has 2 heterocycles. The second-order valence-corrected chi connectivity index (χ2v) is 19.0. The number of furan rings is 1. The van der Waals surface area contributed by atoms with Crippen LogP contribution in [-0.4, -0.2) is 8.07 Å². The predicted octanol–water partition coefficient (Wildman–Crippen LogP) is 10.3. The summed E-state index contributed by atoms with van der Waals surface area (Å²) in [5.41, 5.74) is 10.1. The molecular weight excluding hydrogens is 541 g/mol. The summed E-state index contributed by atoms with van der Waals surface area (Å²) in [6.45, 7) is 21.8. The van der Waals surface area contributed by atoms with Crippen LogP contribution in [0.1, 0.15) is 92.2 Å². The maximum atomic E-state index is 9.48. The second-order valence-electron chi connectivity index (χ2n) is 13.5. The first-order valence-electron chi connectivity index (χ1n) is 16.5. The Labute approximate surface area is 262 Å². The van der Waals surface area contributed by atoms with Crippen molar-refractivity contribution in [3.8, 4) is 28.5 Å². The molecule has 0 spiro atoms. The molecule has 0 atom stereocenters. The monoisotopic (exact) mass is 589 g/mol. The minimum absolute atomic E-state index is 0.519. The lowest BCUT2D eigenvalue weighted by molar-refractivity contribution is -0.660. The molecule has 2 aromatic heterocycles. The van der Waals surface area contributed by atoms with E-state index in [2.05, 4.69) is 94.4 Å². The molecule has 0 aliphatic carbocycles. The number of benzene rings is 3. The standard InChI is InChI=1S/C39H47N2OSi/c1-23(2)33-20-30(43(11,25(5)6)26(7)8)21-34(24(3)4)38(33)29-16-17-41(10)35(19-29)37-27(9)12-14-32-31-15-13-28(22-40)18-36(31)42-39(32)37/h12-21,23-26H,1-11H3/q+1/i23D,24D. The summed E-state index contributed by atoms with van der Waals surface area (Å²) < 4.78 is 27.4. The molecule has 5 aromatic rings. The van der Waals surface area contributed by atoms with Crippen molar-refractivity contribution in [1.82, 2.24) is 0 Å². The fourth-order valence-electron chi connectivity index (χ4n) is 6.69. The predicted molar refractivity (Wildman–Crippen MR) is 185 cm³/mol. The number of nitrogens with zero attached hydrogens (tertiary/aromatic N) is 2. The minimum atomic E-state index is -1.96. The van der Waals surface area contributed by atoms with Gasteiger partial charge >= 0.3 is 0 Å². The quantitative estimate of drug-likeness (QED) is 0.140. The third-order valence-electron chi connectivity index (χ3n) is 9.91. The van der Waals surface area contributed by atoms with Crippen LogP contribution in [0.15, 0.2) is 65.2 Å². The summed E-state index contributed by atoms with van der Waals surface area (Å²) in [5, 5.41) is 12.8. The molecule has 0 saturated carbocycles. The zero-order chi connectivity index (χ0) is 33.2. The summed E-state index contributed by atoms with van der Waals surface area (Å²) in [7, 11) is 0.0839. The topological polar surface area (TPSA) is 40.8 Å². The normalized spacial score (nSPS) is 13.6. The Morgan fingerprint density at radius 3 is 1.98 bits per heavy atom. The third kappa shape index (κ3) is 5.12. The number of fused-ring (bicyclic) bond motifs is 3. The van der Waals surface area contributed by atoms with Gasteiger partial charge in [-0.1, -0.05) is 91.4 Å². The van der Waals surface area contributed by atoms with Gasteiger partial charge in [0.05, 0.1) is 25.3 Å². The largest absolute Gasteiger partial charge is 0.455 e. The molecule has 0 amide bonds. The number of rotatable bonds is 7. The number of hydrogen-bond donors (Lipinski definition) is 0. The van der Waals surface area contributed by atoms with Gasteiger partial charge in [0.2, 0.25) is 5.69 Å². The fourth-order valence-corrected chi connectivity index (χ4v) is 10.3. The molecule has 4 heteroatoms. The van der Waals surface area contributed by atoms with E-state index in [1.807, 2.05) is 52.9 Å². The molecule has 43 heavy (non-hydrogen) atoms. The van der Waals surface area contributed by atoms with Crippen molar-refractivity contribution in [3.05, 3.63) is 83.0 Å². The molecule has 0 aliphatic rings. The Kier molecular flexibility index (Phi) is 7.47. The second kappa shape index (κ2) is 11.4. The van der Waals surface area contributed by atoms with Crippen LogP contribution in [0, 0.1) is 18.3 Å².